The van der Waals surface area contributed by atoms with E-state index in [9.17, 15) is 4.79 Å². The maximum absolute atomic E-state index is 12.5. The van der Waals surface area contributed by atoms with Crippen LogP contribution in [0.4, 0.5) is 0 Å². The lowest BCUT2D eigenvalue weighted by atomic mass is 10.1. The highest BCUT2D eigenvalue weighted by Crippen LogP contribution is 2.31. The summed E-state index contributed by atoms with van der Waals surface area (Å²) in [5.41, 5.74) is 0.751. The van der Waals surface area contributed by atoms with Crippen molar-refractivity contribution in [2.24, 2.45) is 0 Å². The van der Waals surface area contributed by atoms with Crippen molar-refractivity contribution in [3.63, 3.8) is 0 Å². The predicted molar refractivity (Wildman–Crippen MR) is 76.6 cm³/mol. The van der Waals surface area contributed by atoms with Crippen LogP contribution in [0.25, 0.3) is 0 Å². The van der Waals surface area contributed by atoms with Crippen LogP contribution in [-0.4, -0.2) is 31.0 Å². The Bertz CT molecular complexity index is 428. The summed E-state index contributed by atoms with van der Waals surface area (Å²) < 4.78 is 5.27. The predicted octanol–water partition coefficient (Wildman–Crippen LogP) is 3.38. The standard InChI is InChI=1S/C15H20ClNO2/c1-19-13-9-5-4-8-12(13)14(16)15(18)17-10-6-2-3-7-11-17/h4-5,8-9,14H,2-3,6-7,10-11H2,1H3. The first-order chi connectivity index (χ1) is 9.24. The smallest absolute Gasteiger partial charge is 0.245 e. The van der Waals surface area contributed by atoms with Gasteiger partial charge in [0.2, 0.25) is 5.91 Å². The lowest BCUT2D eigenvalue weighted by molar-refractivity contribution is -0.130. The first-order valence-corrected chi connectivity index (χ1v) is 7.23. The lowest BCUT2D eigenvalue weighted by Gasteiger charge is -2.24. The summed E-state index contributed by atoms with van der Waals surface area (Å²) in [7, 11) is 1.60. The van der Waals surface area contributed by atoms with Crippen LogP contribution >= 0.6 is 11.6 Å². The van der Waals surface area contributed by atoms with Gasteiger partial charge in [0, 0.05) is 18.7 Å². The minimum absolute atomic E-state index is 0.00642. The molecular formula is C15H20ClNO2. The van der Waals surface area contributed by atoms with E-state index < -0.39 is 5.38 Å². The molecule has 19 heavy (non-hydrogen) atoms. The molecule has 3 nitrogen and oxygen atoms in total. The summed E-state index contributed by atoms with van der Waals surface area (Å²) in [6.45, 7) is 1.63. The Labute approximate surface area is 119 Å². The number of alkyl halides is 1. The van der Waals surface area contributed by atoms with Crippen LogP contribution in [0.1, 0.15) is 36.6 Å². The number of likely N-dealkylation sites (tertiary alicyclic amines) is 1. The molecule has 0 N–H and O–H groups in total. The van der Waals surface area contributed by atoms with Crippen molar-refractivity contribution < 1.29 is 9.53 Å². The second-order valence-electron chi connectivity index (χ2n) is 4.84. The number of hydrogen-bond donors (Lipinski definition) is 0. The Morgan fingerprint density at radius 2 is 1.84 bits per heavy atom. The van der Waals surface area contributed by atoms with Crippen LogP contribution < -0.4 is 4.74 Å². The molecule has 1 amide bonds. The number of carbonyl (C=O) groups excluding carboxylic acids is 1. The maximum atomic E-state index is 12.5. The van der Waals surface area contributed by atoms with Crippen molar-refractivity contribution in [1.29, 1.82) is 0 Å². The fourth-order valence-electron chi connectivity index (χ4n) is 2.46. The van der Waals surface area contributed by atoms with Crippen molar-refractivity contribution in [2.45, 2.75) is 31.1 Å². The molecule has 1 aromatic carbocycles. The summed E-state index contributed by atoms with van der Waals surface area (Å²) in [6.07, 6.45) is 4.54. The number of benzene rings is 1. The van der Waals surface area contributed by atoms with Crippen molar-refractivity contribution in [3.8, 4) is 5.75 Å². The molecule has 1 atom stereocenters. The van der Waals surface area contributed by atoms with E-state index >= 15 is 0 Å². The van der Waals surface area contributed by atoms with Gasteiger partial charge < -0.3 is 9.64 Å². The minimum atomic E-state index is -0.658. The summed E-state index contributed by atoms with van der Waals surface area (Å²) >= 11 is 6.36. The first kappa shape index (κ1) is 14.2. The van der Waals surface area contributed by atoms with Crippen molar-refractivity contribution in [1.82, 2.24) is 4.90 Å². The van der Waals surface area contributed by atoms with Crippen LogP contribution in [0.3, 0.4) is 0 Å². The molecule has 4 heteroatoms. The van der Waals surface area contributed by atoms with Gasteiger partial charge in [0.25, 0.3) is 0 Å². The van der Waals surface area contributed by atoms with Crippen LogP contribution in [0.2, 0.25) is 0 Å². The molecule has 0 saturated carbocycles. The van der Waals surface area contributed by atoms with Gasteiger partial charge in [0.1, 0.15) is 11.1 Å². The Morgan fingerprint density at radius 3 is 2.47 bits per heavy atom. The molecule has 1 unspecified atom stereocenters. The summed E-state index contributed by atoms with van der Waals surface area (Å²) in [5, 5.41) is -0.658. The van der Waals surface area contributed by atoms with Gasteiger partial charge in [0.05, 0.1) is 7.11 Å². The molecule has 1 aliphatic rings. The molecule has 2 rings (SSSR count). The zero-order chi connectivity index (χ0) is 13.7. The molecule has 1 heterocycles. The SMILES string of the molecule is COc1ccccc1C(Cl)C(=O)N1CCCCCC1. The topological polar surface area (TPSA) is 29.5 Å². The van der Waals surface area contributed by atoms with Gasteiger partial charge in [-0.3, -0.25) is 4.79 Å². The average Bonchev–Trinajstić information content (AvgIpc) is 2.74. The molecular weight excluding hydrogens is 262 g/mol. The number of ether oxygens (including phenoxy) is 1. The normalized spacial score (nSPS) is 17.7. The third-order valence-corrected chi connectivity index (χ3v) is 3.97. The molecule has 1 aromatic rings. The first-order valence-electron chi connectivity index (χ1n) is 6.80. The molecule has 0 aromatic heterocycles. The van der Waals surface area contributed by atoms with Crippen LogP contribution in [-0.2, 0) is 4.79 Å². The zero-order valence-corrected chi connectivity index (χ0v) is 12.0. The third kappa shape index (κ3) is 3.41. The highest BCUT2D eigenvalue weighted by Gasteiger charge is 2.26. The van der Waals surface area contributed by atoms with E-state index in [-0.39, 0.29) is 5.91 Å². The Morgan fingerprint density at radius 1 is 1.21 bits per heavy atom. The van der Waals surface area contributed by atoms with Crippen molar-refractivity contribution >= 4 is 17.5 Å². The van der Waals surface area contributed by atoms with E-state index in [0.717, 1.165) is 31.5 Å². The van der Waals surface area contributed by atoms with E-state index in [2.05, 4.69) is 0 Å². The Balaban J connectivity index is 2.13. The number of halogens is 1. The molecule has 1 saturated heterocycles. The van der Waals surface area contributed by atoms with E-state index in [0.29, 0.717) is 5.75 Å². The van der Waals surface area contributed by atoms with Gasteiger partial charge in [-0.05, 0) is 18.9 Å². The van der Waals surface area contributed by atoms with E-state index in [1.807, 2.05) is 29.2 Å². The van der Waals surface area contributed by atoms with Crippen LogP contribution in [0.5, 0.6) is 5.75 Å². The number of amides is 1. The van der Waals surface area contributed by atoms with Gasteiger partial charge in [-0.25, -0.2) is 0 Å². The fraction of sp³-hybridized carbons (Fsp3) is 0.533. The van der Waals surface area contributed by atoms with Gasteiger partial charge in [-0.2, -0.15) is 0 Å². The number of hydrogen-bond acceptors (Lipinski definition) is 2. The van der Waals surface area contributed by atoms with Crippen LogP contribution in [0.15, 0.2) is 24.3 Å². The summed E-state index contributed by atoms with van der Waals surface area (Å²) in [6, 6.07) is 7.44. The second kappa shape index (κ2) is 6.80. The van der Waals surface area contributed by atoms with Gasteiger partial charge in [-0.15, -0.1) is 11.6 Å². The largest absolute Gasteiger partial charge is 0.496 e. The summed E-state index contributed by atoms with van der Waals surface area (Å²) in [5.74, 6) is 0.665. The number of rotatable bonds is 3. The minimum Gasteiger partial charge on any atom is -0.496 e. The molecule has 0 bridgehead atoms. The number of methoxy groups -OCH3 is 1. The fourth-order valence-corrected chi connectivity index (χ4v) is 2.78. The zero-order valence-electron chi connectivity index (χ0n) is 11.3. The highest BCUT2D eigenvalue weighted by atomic mass is 35.5. The molecule has 0 aliphatic carbocycles. The van der Waals surface area contributed by atoms with Crippen molar-refractivity contribution in [3.05, 3.63) is 29.8 Å². The number of carbonyl (C=O) groups is 1. The molecule has 1 aliphatic heterocycles. The quantitative estimate of drug-likeness (QED) is 0.795. The van der Waals surface area contributed by atoms with Crippen LogP contribution in [0, 0.1) is 0 Å². The van der Waals surface area contributed by atoms with Gasteiger partial charge in [-0.1, -0.05) is 31.0 Å². The van der Waals surface area contributed by atoms with Gasteiger partial charge in [0.15, 0.2) is 0 Å². The molecule has 0 spiro atoms. The molecule has 1 fully saturated rings. The summed E-state index contributed by atoms with van der Waals surface area (Å²) in [4.78, 5) is 14.3. The number of nitrogens with zero attached hydrogens (tertiary/aromatic N) is 1. The van der Waals surface area contributed by atoms with E-state index in [4.69, 9.17) is 16.3 Å². The molecule has 104 valence electrons. The third-order valence-electron chi connectivity index (χ3n) is 3.55. The average molecular weight is 282 g/mol. The second-order valence-corrected chi connectivity index (χ2v) is 5.28. The number of para-hydroxylation sites is 1. The highest BCUT2D eigenvalue weighted by molar-refractivity contribution is 6.31. The Kier molecular flexibility index (Phi) is 5.08. The Hall–Kier alpha value is -1.22. The van der Waals surface area contributed by atoms with Gasteiger partial charge >= 0.3 is 0 Å². The van der Waals surface area contributed by atoms with Crippen molar-refractivity contribution in [2.75, 3.05) is 20.2 Å². The lowest BCUT2D eigenvalue weighted by Crippen LogP contribution is -2.34. The monoisotopic (exact) mass is 281 g/mol. The molecule has 0 radical (unpaired) electrons. The van der Waals surface area contributed by atoms with E-state index in [1.165, 1.54) is 12.8 Å². The van der Waals surface area contributed by atoms with E-state index in [1.54, 1.807) is 7.11 Å². The maximum Gasteiger partial charge on any atom is 0.245 e.